The Morgan fingerprint density at radius 1 is 1.08 bits per heavy atom. The lowest BCUT2D eigenvalue weighted by Gasteiger charge is -2.26. The summed E-state index contributed by atoms with van der Waals surface area (Å²) in [6.07, 6.45) is 0.267. The second-order valence-electron chi connectivity index (χ2n) is 6.51. The number of halogens is 2. The van der Waals surface area contributed by atoms with Crippen LogP contribution in [0.2, 0.25) is 10.0 Å². The van der Waals surface area contributed by atoms with Gasteiger partial charge >= 0.3 is 0 Å². The highest BCUT2D eigenvalue weighted by Crippen LogP contribution is 2.23. The molecule has 0 aromatic heterocycles. The molecule has 3 nitrogen and oxygen atoms in total. The van der Waals surface area contributed by atoms with Crippen LogP contribution >= 0.6 is 35.0 Å². The number of aryl methyl sites for hydroxylation is 1. The van der Waals surface area contributed by atoms with E-state index in [0.29, 0.717) is 10.0 Å². The van der Waals surface area contributed by atoms with Gasteiger partial charge in [0, 0.05) is 36.8 Å². The fourth-order valence-corrected chi connectivity index (χ4v) is 4.31. The van der Waals surface area contributed by atoms with E-state index in [-0.39, 0.29) is 12.3 Å². The second kappa shape index (κ2) is 9.14. The molecule has 1 amide bonds. The minimum Gasteiger partial charge on any atom is -0.326 e. The molecule has 1 aliphatic rings. The van der Waals surface area contributed by atoms with E-state index in [1.807, 2.05) is 30.8 Å². The first-order chi connectivity index (χ1) is 12.5. The number of rotatable bonds is 5. The lowest BCUT2D eigenvalue weighted by atomic mass is 10.1. The van der Waals surface area contributed by atoms with Gasteiger partial charge in [0.25, 0.3) is 0 Å². The number of hydrogen-bond donors (Lipinski definition) is 1. The molecule has 26 heavy (non-hydrogen) atoms. The van der Waals surface area contributed by atoms with Crippen molar-refractivity contribution in [2.45, 2.75) is 19.9 Å². The Kier molecular flexibility index (Phi) is 6.87. The molecule has 1 heterocycles. The Hall–Kier alpha value is -1.20. The summed E-state index contributed by atoms with van der Waals surface area (Å²) >= 11 is 13.9. The van der Waals surface area contributed by atoms with E-state index in [1.54, 1.807) is 12.1 Å². The van der Waals surface area contributed by atoms with Gasteiger partial charge < -0.3 is 5.32 Å². The Morgan fingerprint density at radius 2 is 1.81 bits per heavy atom. The second-order valence-corrected chi connectivity index (χ2v) is 8.55. The molecule has 0 spiro atoms. The summed E-state index contributed by atoms with van der Waals surface area (Å²) in [6.45, 7) is 5.29. The number of nitrogens with zero attached hydrogens (tertiary/aromatic N) is 1. The van der Waals surface area contributed by atoms with Crippen LogP contribution in [-0.2, 0) is 17.8 Å². The number of thioether (sulfide) groups is 1. The van der Waals surface area contributed by atoms with Crippen molar-refractivity contribution in [3.8, 4) is 0 Å². The van der Waals surface area contributed by atoms with Crippen LogP contribution in [0.3, 0.4) is 0 Å². The van der Waals surface area contributed by atoms with E-state index in [1.165, 1.54) is 17.1 Å². The van der Waals surface area contributed by atoms with Crippen molar-refractivity contribution >= 4 is 46.6 Å². The van der Waals surface area contributed by atoms with Crippen LogP contribution in [0.15, 0.2) is 36.4 Å². The molecule has 2 aromatic rings. The summed E-state index contributed by atoms with van der Waals surface area (Å²) in [7, 11) is 0. The van der Waals surface area contributed by atoms with Crippen molar-refractivity contribution in [2.75, 3.05) is 29.9 Å². The summed E-state index contributed by atoms with van der Waals surface area (Å²) in [4.78, 5) is 14.8. The summed E-state index contributed by atoms with van der Waals surface area (Å²) in [6, 6.07) is 11.5. The Bertz CT molecular complexity index is 791. The van der Waals surface area contributed by atoms with Crippen molar-refractivity contribution < 1.29 is 4.79 Å². The maximum atomic E-state index is 12.3. The van der Waals surface area contributed by atoms with Gasteiger partial charge in [0.2, 0.25) is 5.91 Å². The van der Waals surface area contributed by atoms with E-state index in [9.17, 15) is 4.79 Å². The van der Waals surface area contributed by atoms with Gasteiger partial charge in [0.15, 0.2) is 0 Å². The van der Waals surface area contributed by atoms with E-state index in [0.717, 1.165) is 36.4 Å². The lowest BCUT2D eigenvalue weighted by molar-refractivity contribution is -0.115. The van der Waals surface area contributed by atoms with Crippen molar-refractivity contribution in [3.63, 3.8) is 0 Å². The highest BCUT2D eigenvalue weighted by molar-refractivity contribution is 7.99. The van der Waals surface area contributed by atoms with Crippen LogP contribution < -0.4 is 5.32 Å². The minimum absolute atomic E-state index is 0.0627. The molecule has 138 valence electrons. The Balaban J connectivity index is 1.60. The van der Waals surface area contributed by atoms with E-state index in [4.69, 9.17) is 23.2 Å². The van der Waals surface area contributed by atoms with Gasteiger partial charge in [-0.05, 0) is 41.8 Å². The molecule has 1 saturated heterocycles. The van der Waals surface area contributed by atoms with Gasteiger partial charge in [-0.25, -0.2) is 0 Å². The summed E-state index contributed by atoms with van der Waals surface area (Å²) in [5, 5.41) is 3.95. The topological polar surface area (TPSA) is 32.3 Å². The molecule has 0 aliphatic carbocycles. The van der Waals surface area contributed by atoms with Crippen LogP contribution in [0.25, 0.3) is 0 Å². The lowest BCUT2D eigenvalue weighted by Crippen LogP contribution is -2.31. The normalized spacial score (nSPS) is 15.0. The molecule has 0 saturated carbocycles. The average molecular weight is 409 g/mol. The molecular weight excluding hydrogens is 387 g/mol. The monoisotopic (exact) mass is 408 g/mol. The first-order valence-corrected chi connectivity index (χ1v) is 10.6. The molecule has 0 unspecified atom stereocenters. The van der Waals surface area contributed by atoms with Gasteiger partial charge in [0.05, 0.1) is 16.5 Å². The third-order valence-corrected chi connectivity index (χ3v) is 6.11. The number of nitrogens with one attached hydrogen (secondary N) is 1. The summed E-state index contributed by atoms with van der Waals surface area (Å²) in [5.74, 6) is 2.36. The summed E-state index contributed by atoms with van der Waals surface area (Å²) < 4.78 is 0. The van der Waals surface area contributed by atoms with Crippen molar-refractivity contribution in [3.05, 3.63) is 63.1 Å². The Morgan fingerprint density at radius 3 is 2.50 bits per heavy atom. The third kappa shape index (κ3) is 5.40. The molecule has 1 fully saturated rings. The number of hydrogen-bond acceptors (Lipinski definition) is 3. The number of amides is 1. The number of anilines is 1. The van der Waals surface area contributed by atoms with Crippen LogP contribution in [0.5, 0.6) is 0 Å². The zero-order valence-corrected chi connectivity index (χ0v) is 17.1. The highest BCUT2D eigenvalue weighted by atomic mass is 35.5. The van der Waals surface area contributed by atoms with Gasteiger partial charge in [-0.1, -0.05) is 41.4 Å². The molecule has 0 radical (unpaired) electrons. The standard InChI is InChI=1S/C20H22Cl2N2OS/c1-14-10-16(13-24-6-8-26-9-7-24)3-5-19(14)23-20(25)12-15-2-4-17(21)18(22)11-15/h2-5,10-11H,6-9,12-13H2,1H3,(H,23,25). The quantitative estimate of drug-likeness (QED) is 0.752. The van der Waals surface area contributed by atoms with Gasteiger partial charge in [0.1, 0.15) is 0 Å². The molecule has 3 rings (SSSR count). The molecular formula is C20H22Cl2N2OS. The molecule has 1 N–H and O–H groups in total. The minimum atomic E-state index is -0.0627. The van der Waals surface area contributed by atoms with E-state index < -0.39 is 0 Å². The predicted octanol–water partition coefficient (Wildman–Crippen LogP) is 5.03. The maximum absolute atomic E-state index is 12.3. The van der Waals surface area contributed by atoms with E-state index >= 15 is 0 Å². The zero-order chi connectivity index (χ0) is 18.5. The van der Waals surface area contributed by atoms with Crippen LogP contribution in [0.1, 0.15) is 16.7 Å². The first kappa shape index (κ1) is 19.6. The van der Waals surface area contributed by atoms with Crippen LogP contribution in [-0.4, -0.2) is 35.4 Å². The SMILES string of the molecule is Cc1cc(CN2CCSCC2)ccc1NC(=O)Cc1ccc(Cl)c(Cl)c1. The fraction of sp³-hybridized carbons (Fsp3) is 0.350. The Labute approximate surface area is 169 Å². The third-order valence-electron chi connectivity index (χ3n) is 4.42. The number of benzene rings is 2. The largest absolute Gasteiger partial charge is 0.326 e. The van der Waals surface area contributed by atoms with Crippen LogP contribution in [0, 0.1) is 6.92 Å². The van der Waals surface area contributed by atoms with Crippen molar-refractivity contribution in [1.82, 2.24) is 4.90 Å². The fourth-order valence-electron chi connectivity index (χ4n) is 3.01. The molecule has 1 aliphatic heterocycles. The van der Waals surface area contributed by atoms with Gasteiger partial charge in [-0.3, -0.25) is 9.69 Å². The zero-order valence-electron chi connectivity index (χ0n) is 14.7. The first-order valence-electron chi connectivity index (χ1n) is 8.64. The average Bonchev–Trinajstić information content (AvgIpc) is 2.61. The van der Waals surface area contributed by atoms with Crippen LogP contribution in [0.4, 0.5) is 5.69 Å². The highest BCUT2D eigenvalue weighted by Gasteiger charge is 2.12. The molecule has 6 heteroatoms. The summed E-state index contributed by atoms with van der Waals surface area (Å²) in [5.41, 5.74) is 4.07. The van der Waals surface area contributed by atoms with Crippen molar-refractivity contribution in [2.24, 2.45) is 0 Å². The number of carbonyl (C=O) groups is 1. The van der Waals surface area contributed by atoms with Gasteiger partial charge in [-0.2, -0.15) is 11.8 Å². The smallest absolute Gasteiger partial charge is 0.228 e. The molecule has 0 bridgehead atoms. The maximum Gasteiger partial charge on any atom is 0.228 e. The predicted molar refractivity (Wildman–Crippen MR) is 113 cm³/mol. The van der Waals surface area contributed by atoms with Crippen molar-refractivity contribution in [1.29, 1.82) is 0 Å². The molecule has 0 atom stereocenters. The number of carbonyl (C=O) groups excluding carboxylic acids is 1. The van der Waals surface area contributed by atoms with E-state index in [2.05, 4.69) is 22.3 Å². The van der Waals surface area contributed by atoms with Gasteiger partial charge in [-0.15, -0.1) is 0 Å². The molecule has 2 aromatic carbocycles.